The van der Waals surface area contributed by atoms with Crippen molar-refractivity contribution in [1.29, 1.82) is 0 Å². The molecule has 0 fully saturated rings. The number of hydrogen-bond acceptors (Lipinski definition) is 6. The van der Waals surface area contributed by atoms with E-state index in [4.69, 9.17) is 9.15 Å². The predicted octanol–water partition coefficient (Wildman–Crippen LogP) is 2.38. The fourth-order valence-electron chi connectivity index (χ4n) is 2.32. The molecular weight excluding hydrogens is 296 g/mol. The van der Waals surface area contributed by atoms with E-state index < -0.39 is 5.97 Å². The van der Waals surface area contributed by atoms with Crippen LogP contribution in [0.3, 0.4) is 0 Å². The average molecular weight is 312 g/mol. The SMILES string of the molecule is COC(=O)c1cc(Cn2nnc(-c3ccccc3C)n2)oc1C. The Morgan fingerprint density at radius 2 is 2.09 bits per heavy atom. The minimum atomic E-state index is -0.426. The van der Waals surface area contributed by atoms with E-state index in [1.165, 1.54) is 11.9 Å². The van der Waals surface area contributed by atoms with Crippen molar-refractivity contribution < 1.29 is 13.9 Å². The molecule has 1 aromatic carbocycles. The highest BCUT2D eigenvalue weighted by Crippen LogP contribution is 2.19. The minimum absolute atomic E-state index is 0.288. The van der Waals surface area contributed by atoms with Crippen LogP contribution in [0.1, 0.15) is 27.4 Å². The van der Waals surface area contributed by atoms with Gasteiger partial charge in [0.15, 0.2) is 0 Å². The average Bonchev–Trinajstić information content (AvgIpc) is 3.14. The highest BCUT2D eigenvalue weighted by molar-refractivity contribution is 5.90. The number of tetrazole rings is 1. The maximum absolute atomic E-state index is 11.6. The Kier molecular flexibility index (Phi) is 3.92. The number of esters is 1. The third-order valence-electron chi connectivity index (χ3n) is 3.51. The summed E-state index contributed by atoms with van der Waals surface area (Å²) in [7, 11) is 1.34. The first-order valence-electron chi connectivity index (χ1n) is 7.10. The number of carbonyl (C=O) groups is 1. The minimum Gasteiger partial charge on any atom is -0.465 e. The lowest BCUT2D eigenvalue weighted by molar-refractivity contribution is 0.0599. The Hall–Kier alpha value is -2.96. The van der Waals surface area contributed by atoms with Gasteiger partial charge in [0, 0.05) is 5.56 Å². The summed E-state index contributed by atoms with van der Waals surface area (Å²) in [5.41, 5.74) is 2.42. The van der Waals surface area contributed by atoms with Crippen molar-refractivity contribution in [3.05, 3.63) is 53.0 Å². The molecule has 2 aromatic heterocycles. The van der Waals surface area contributed by atoms with E-state index in [1.54, 1.807) is 13.0 Å². The molecule has 0 radical (unpaired) electrons. The summed E-state index contributed by atoms with van der Waals surface area (Å²) in [6.45, 7) is 3.99. The number of methoxy groups -OCH3 is 1. The molecule has 7 heteroatoms. The zero-order valence-corrected chi connectivity index (χ0v) is 13.1. The quantitative estimate of drug-likeness (QED) is 0.688. The first-order valence-corrected chi connectivity index (χ1v) is 7.10. The lowest BCUT2D eigenvalue weighted by Gasteiger charge is -1.98. The molecule has 0 aliphatic rings. The zero-order valence-electron chi connectivity index (χ0n) is 13.1. The third kappa shape index (κ3) is 2.98. The Morgan fingerprint density at radius 3 is 2.83 bits per heavy atom. The summed E-state index contributed by atoms with van der Waals surface area (Å²) in [5, 5.41) is 12.5. The van der Waals surface area contributed by atoms with Crippen molar-refractivity contribution in [3.8, 4) is 11.4 Å². The number of furan rings is 1. The number of nitrogens with zero attached hydrogens (tertiary/aromatic N) is 4. The summed E-state index contributed by atoms with van der Waals surface area (Å²) in [5.74, 6) is 1.20. The Balaban J connectivity index is 1.83. The normalized spacial score (nSPS) is 10.7. The van der Waals surface area contributed by atoms with E-state index in [2.05, 4.69) is 15.4 Å². The van der Waals surface area contributed by atoms with Crippen LogP contribution < -0.4 is 0 Å². The molecule has 3 rings (SSSR count). The fourth-order valence-corrected chi connectivity index (χ4v) is 2.32. The molecule has 3 aromatic rings. The Labute approximate surface area is 132 Å². The molecule has 7 nitrogen and oxygen atoms in total. The van der Waals surface area contributed by atoms with Crippen LogP contribution in [0.25, 0.3) is 11.4 Å². The fraction of sp³-hybridized carbons (Fsp3) is 0.250. The first-order chi connectivity index (χ1) is 11.1. The molecule has 2 heterocycles. The number of aryl methyl sites for hydroxylation is 2. The molecule has 0 saturated carbocycles. The second-order valence-electron chi connectivity index (χ2n) is 5.13. The van der Waals surface area contributed by atoms with Crippen molar-refractivity contribution in [3.63, 3.8) is 0 Å². The molecule has 0 atom stereocenters. The Bertz CT molecular complexity index is 851. The van der Waals surface area contributed by atoms with Crippen LogP contribution in [-0.4, -0.2) is 33.3 Å². The van der Waals surface area contributed by atoms with Crippen LogP contribution in [0.2, 0.25) is 0 Å². The molecule has 0 aliphatic heterocycles. The van der Waals surface area contributed by atoms with Crippen LogP contribution in [0.4, 0.5) is 0 Å². The standard InChI is InChI=1S/C16H16N4O3/c1-10-6-4-5-7-13(10)15-17-19-20(18-15)9-12-8-14(11(2)23-12)16(21)22-3/h4-8H,9H2,1-3H3. The van der Waals surface area contributed by atoms with E-state index in [-0.39, 0.29) is 6.54 Å². The van der Waals surface area contributed by atoms with Gasteiger partial charge in [-0.25, -0.2) is 4.79 Å². The number of rotatable bonds is 4. The van der Waals surface area contributed by atoms with Gasteiger partial charge >= 0.3 is 5.97 Å². The smallest absolute Gasteiger partial charge is 0.341 e. The lowest BCUT2D eigenvalue weighted by Crippen LogP contribution is -2.03. The Morgan fingerprint density at radius 1 is 1.30 bits per heavy atom. The van der Waals surface area contributed by atoms with Gasteiger partial charge in [0.05, 0.1) is 7.11 Å². The first kappa shape index (κ1) is 15.0. The van der Waals surface area contributed by atoms with Crippen molar-refractivity contribution >= 4 is 5.97 Å². The van der Waals surface area contributed by atoms with Gasteiger partial charge in [-0.15, -0.1) is 10.2 Å². The largest absolute Gasteiger partial charge is 0.465 e. The summed E-state index contributed by atoms with van der Waals surface area (Å²) < 4.78 is 10.3. The molecule has 0 unspecified atom stereocenters. The highest BCUT2D eigenvalue weighted by Gasteiger charge is 2.16. The van der Waals surface area contributed by atoms with E-state index in [1.807, 2.05) is 31.2 Å². The van der Waals surface area contributed by atoms with Gasteiger partial charge in [-0.2, -0.15) is 4.80 Å². The molecular formula is C16H16N4O3. The number of carbonyl (C=O) groups excluding carboxylic acids is 1. The molecule has 23 heavy (non-hydrogen) atoms. The summed E-state index contributed by atoms with van der Waals surface area (Å²) >= 11 is 0. The monoisotopic (exact) mass is 312 g/mol. The molecule has 0 aliphatic carbocycles. The van der Waals surface area contributed by atoms with Crippen molar-refractivity contribution in [2.75, 3.05) is 7.11 Å². The van der Waals surface area contributed by atoms with Gasteiger partial charge < -0.3 is 9.15 Å². The van der Waals surface area contributed by atoms with Gasteiger partial charge in [-0.05, 0) is 30.7 Å². The number of aromatic nitrogens is 4. The molecule has 0 bridgehead atoms. The van der Waals surface area contributed by atoms with Crippen LogP contribution in [-0.2, 0) is 11.3 Å². The molecule has 0 N–H and O–H groups in total. The zero-order chi connectivity index (χ0) is 16.4. The van der Waals surface area contributed by atoms with Crippen LogP contribution in [0.15, 0.2) is 34.7 Å². The molecule has 0 amide bonds. The number of benzene rings is 1. The van der Waals surface area contributed by atoms with Crippen molar-refractivity contribution in [2.24, 2.45) is 0 Å². The van der Waals surface area contributed by atoms with Crippen molar-refractivity contribution in [2.45, 2.75) is 20.4 Å². The highest BCUT2D eigenvalue weighted by atomic mass is 16.5. The van der Waals surface area contributed by atoms with Gasteiger partial charge in [0.1, 0.15) is 23.6 Å². The van der Waals surface area contributed by atoms with E-state index in [0.717, 1.165) is 11.1 Å². The topological polar surface area (TPSA) is 83.0 Å². The van der Waals surface area contributed by atoms with Gasteiger partial charge in [-0.1, -0.05) is 24.3 Å². The molecule has 118 valence electrons. The van der Waals surface area contributed by atoms with E-state index in [0.29, 0.717) is 22.9 Å². The van der Waals surface area contributed by atoms with E-state index in [9.17, 15) is 4.79 Å². The number of hydrogen-bond donors (Lipinski definition) is 0. The van der Waals surface area contributed by atoms with Gasteiger partial charge in [-0.3, -0.25) is 0 Å². The second kappa shape index (κ2) is 6.04. The number of ether oxygens (including phenoxy) is 1. The molecule has 0 spiro atoms. The second-order valence-corrected chi connectivity index (χ2v) is 5.13. The summed E-state index contributed by atoms with van der Waals surface area (Å²) in [4.78, 5) is 13.0. The van der Waals surface area contributed by atoms with Crippen LogP contribution >= 0.6 is 0 Å². The summed E-state index contributed by atoms with van der Waals surface area (Å²) in [6.07, 6.45) is 0. The maximum Gasteiger partial charge on any atom is 0.341 e. The third-order valence-corrected chi connectivity index (χ3v) is 3.51. The predicted molar refractivity (Wildman–Crippen MR) is 81.9 cm³/mol. The van der Waals surface area contributed by atoms with Crippen LogP contribution in [0, 0.1) is 13.8 Å². The van der Waals surface area contributed by atoms with Crippen molar-refractivity contribution in [1.82, 2.24) is 20.2 Å². The van der Waals surface area contributed by atoms with E-state index >= 15 is 0 Å². The maximum atomic E-state index is 11.6. The lowest BCUT2D eigenvalue weighted by atomic mass is 10.1. The van der Waals surface area contributed by atoms with Gasteiger partial charge in [0.2, 0.25) is 5.82 Å². The van der Waals surface area contributed by atoms with Gasteiger partial charge in [0.25, 0.3) is 0 Å². The summed E-state index contributed by atoms with van der Waals surface area (Å²) in [6, 6.07) is 9.47. The van der Waals surface area contributed by atoms with Crippen LogP contribution in [0.5, 0.6) is 0 Å². The molecule has 0 saturated heterocycles.